The van der Waals surface area contributed by atoms with Gasteiger partial charge in [0.25, 0.3) is 0 Å². The van der Waals surface area contributed by atoms with Crippen molar-refractivity contribution >= 4 is 63.0 Å². The van der Waals surface area contributed by atoms with Crippen molar-refractivity contribution in [2.75, 3.05) is 10.2 Å². The van der Waals surface area contributed by atoms with Crippen molar-refractivity contribution in [3.8, 4) is 0 Å². The summed E-state index contributed by atoms with van der Waals surface area (Å²) < 4.78 is 20.6. The zero-order valence-corrected chi connectivity index (χ0v) is 22.8. The molecule has 2 aliphatic heterocycles. The molecule has 41 heavy (non-hydrogen) atoms. The highest BCUT2D eigenvalue weighted by molar-refractivity contribution is 8.00. The number of hydrogen-bond acceptors (Lipinski definition) is 7. The van der Waals surface area contributed by atoms with E-state index in [0.717, 1.165) is 38.8 Å². The summed E-state index contributed by atoms with van der Waals surface area (Å²) >= 11 is 2.05. The normalized spacial score (nSPS) is 19.8. The van der Waals surface area contributed by atoms with Crippen LogP contribution in [0.4, 0.5) is 15.8 Å². The third-order valence-corrected chi connectivity index (χ3v) is 9.95. The fourth-order valence-corrected chi connectivity index (χ4v) is 8.30. The number of amides is 3. The van der Waals surface area contributed by atoms with Gasteiger partial charge in [0, 0.05) is 11.1 Å². The molecule has 7 rings (SSSR count). The summed E-state index contributed by atoms with van der Waals surface area (Å²) in [6, 6.07) is 21.8. The molecule has 0 aliphatic carbocycles. The highest BCUT2D eigenvalue weighted by atomic mass is 32.2. The lowest BCUT2D eigenvalue weighted by molar-refractivity contribution is -0.122. The number of aromatic nitrogens is 1. The summed E-state index contributed by atoms with van der Waals surface area (Å²) in [5, 5.41) is 4.34. The molecular weight excluding hydrogens is 565 g/mol. The lowest BCUT2D eigenvalue weighted by Crippen LogP contribution is -2.32. The molecule has 1 saturated heterocycles. The van der Waals surface area contributed by atoms with E-state index in [1.165, 1.54) is 35.1 Å². The molecule has 3 atom stereocenters. The van der Waals surface area contributed by atoms with Crippen LogP contribution in [0.15, 0.2) is 99.4 Å². The summed E-state index contributed by atoms with van der Waals surface area (Å²) in [7, 11) is 0. The second-order valence-electron chi connectivity index (χ2n) is 9.74. The lowest BCUT2D eigenvalue weighted by atomic mass is 9.87. The predicted molar refractivity (Wildman–Crippen MR) is 154 cm³/mol. The van der Waals surface area contributed by atoms with E-state index in [2.05, 4.69) is 5.32 Å². The predicted octanol–water partition coefficient (Wildman–Crippen LogP) is 5.23. The van der Waals surface area contributed by atoms with E-state index in [-0.39, 0.29) is 17.1 Å². The van der Waals surface area contributed by atoms with Crippen LogP contribution in [0.25, 0.3) is 10.8 Å². The standard InChI is InChI=1S/C30H20FN3O5S2/c31-17-10-12-18(13-11-17)34-27(36)24-23(21-9-4-14-39-21)26-29(40-25(24)28(34)37)33(30(38)41-26)15-22(35)32-20-8-3-6-16-5-1-2-7-19(16)20/h1-14,23-25H,15H2,(H,32,35)/t23-,24?,25?/m1/s1. The molecular formula is C30H20FN3O5S2. The van der Waals surface area contributed by atoms with E-state index in [0.29, 0.717) is 21.4 Å². The molecule has 8 nitrogen and oxygen atoms in total. The van der Waals surface area contributed by atoms with Gasteiger partial charge in [-0.1, -0.05) is 59.5 Å². The number of thioether (sulfide) groups is 1. The number of furan rings is 1. The fourth-order valence-electron chi connectivity index (χ4n) is 5.54. The third kappa shape index (κ3) is 4.20. The van der Waals surface area contributed by atoms with Crippen LogP contribution < -0.4 is 15.1 Å². The number of benzene rings is 3. The molecule has 2 aromatic heterocycles. The van der Waals surface area contributed by atoms with Gasteiger partial charge in [-0.25, -0.2) is 9.29 Å². The number of hydrogen-bond donors (Lipinski definition) is 1. The minimum atomic E-state index is -0.864. The summed E-state index contributed by atoms with van der Waals surface area (Å²) in [5.74, 6) is -2.90. The minimum Gasteiger partial charge on any atom is -0.469 e. The third-order valence-electron chi connectivity index (χ3n) is 7.35. The van der Waals surface area contributed by atoms with Crippen LogP contribution >= 0.6 is 23.1 Å². The smallest absolute Gasteiger partial charge is 0.308 e. The van der Waals surface area contributed by atoms with Crippen molar-refractivity contribution < 1.29 is 23.2 Å². The first-order valence-electron chi connectivity index (χ1n) is 12.8. The molecule has 5 aromatic rings. The fraction of sp³-hybridized carbons (Fsp3) is 0.133. The van der Waals surface area contributed by atoms with Crippen molar-refractivity contribution in [2.24, 2.45) is 5.92 Å². The number of carbonyl (C=O) groups is 3. The highest BCUT2D eigenvalue weighted by Crippen LogP contribution is 2.53. The maximum atomic E-state index is 13.7. The second-order valence-corrected chi connectivity index (χ2v) is 11.9. The SMILES string of the molecule is O=C(Cn1c2c(sc1=O)[C@H](c1ccco1)C1C(=O)N(c3ccc(F)cc3)C(=O)C1S2)Nc1cccc2ccccc12. The number of anilines is 2. The number of nitrogens with zero attached hydrogens (tertiary/aromatic N) is 2. The van der Waals surface area contributed by atoms with Crippen molar-refractivity contribution in [1.29, 1.82) is 0 Å². The van der Waals surface area contributed by atoms with Gasteiger partial charge >= 0.3 is 4.87 Å². The van der Waals surface area contributed by atoms with E-state index >= 15 is 0 Å². The van der Waals surface area contributed by atoms with Gasteiger partial charge in [0.15, 0.2) is 0 Å². The van der Waals surface area contributed by atoms with Gasteiger partial charge in [-0.2, -0.15) is 0 Å². The molecule has 1 fully saturated rings. The number of nitrogens with one attached hydrogen (secondary N) is 1. The number of rotatable bonds is 5. The van der Waals surface area contributed by atoms with Crippen LogP contribution in [0.3, 0.4) is 0 Å². The van der Waals surface area contributed by atoms with Gasteiger partial charge in [0.1, 0.15) is 23.4 Å². The van der Waals surface area contributed by atoms with Crippen molar-refractivity contribution in [2.45, 2.75) is 22.7 Å². The Balaban J connectivity index is 1.25. The van der Waals surface area contributed by atoms with Crippen molar-refractivity contribution in [3.63, 3.8) is 0 Å². The second kappa shape index (κ2) is 9.86. The van der Waals surface area contributed by atoms with Gasteiger partial charge in [0.05, 0.1) is 33.7 Å². The number of thiazole rings is 1. The average molecular weight is 586 g/mol. The first-order valence-corrected chi connectivity index (χ1v) is 14.4. The van der Waals surface area contributed by atoms with Crippen LogP contribution in [-0.2, 0) is 20.9 Å². The molecule has 2 aliphatic rings. The van der Waals surface area contributed by atoms with Crippen LogP contribution in [0.2, 0.25) is 0 Å². The zero-order valence-electron chi connectivity index (χ0n) is 21.2. The molecule has 0 radical (unpaired) electrons. The monoisotopic (exact) mass is 585 g/mol. The molecule has 4 heterocycles. The Morgan fingerprint density at radius 2 is 1.71 bits per heavy atom. The quantitative estimate of drug-likeness (QED) is 0.284. The summed E-state index contributed by atoms with van der Waals surface area (Å²) in [6.45, 7) is -0.271. The van der Waals surface area contributed by atoms with E-state index in [1.54, 1.807) is 18.2 Å². The summed E-state index contributed by atoms with van der Waals surface area (Å²) in [5.41, 5.74) is 0.891. The Bertz CT molecular complexity index is 1890. The van der Waals surface area contributed by atoms with E-state index < -0.39 is 40.6 Å². The molecule has 3 aromatic carbocycles. The van der Waals surface area contributed by atoms with E-state index in [9.17, 15) is 23.6 Å². The number of fused-ring (bicyclic) bond motifs is 3. The van der Waals surface area contributed by atoms with E-state index in [1.807, 2.05) is 36.4 Å². The van der Waals surface area contributed by atoms with E-state index in [4.69, 9.17) is 4.42 Å². The molecule has 1 N–H and O–H groups in total. The van der Waals surface area contributed by atoms with Crippen LogP contribution in [0.5, 0.6) is 0 Å². The first kappa shape index (κ1) is 25.5. The molecule has 11 heteroatoms. The maximum Gasteiger partial charge on any atom is 0.308 e. The van der Waals surface area contributed by atoms with Gasteiger partial charge in [-0.05, 0) is 47.9 Å². The highest BCUT2D eigenvalue weighted by Gasteiger charge is 2.57. The van der Waals surface area contributed by atoms with Gasteiger partial charge in [-0.15, -0.1) is 0 Å². The van der Waals surface area contributed by atoms with Crippen molar-refractivity contribution in [1.82, 2.24) is 4.57 Å². The summed E-state index contributed by atoms with van der Waals surface area (Å²) in [4.78, 5) is 55.2. The zero-order chi connectivity index (χ0) is 28.2. The molecule has 2 unspecified atom stereocenters. The summed E-state index contributed by atoms with van der Waals surface area (Å²) in [6.07, 6.45) is 1.47. The average Bonchev–Trinajstić information content (AvgIpc) is 3.67. The van der Waals surface area contributed by atoms with Crippen LogP contribution in [0.1, 0.15) is 16.6 Å². The van der Waals surface area contributed by atoms with Crippen LogP contribution in [0, 0.1) is 11.7 Å². The topological polar surface area (TPSA) is 102 Å². The molecule has 0 saturated carbocycles. The Hall–Kier alpha value is -4.48. The number of halogens is 1. The first-order chi connectivity index (χ1) is 19.9. The van der Waals surface area contributed by atoms with Gasteiger partial charge < -0.3 is 9.73 Å². The number of imide groups is 1. The Morgan fingerprint density at radius 1 is 0.927 bits per heavy atom. The number of carbonyl (C=O) groups excluding carboxylic acids is 3. The van der Waals surface area contributed by atoms with Crippen LogP contribution in [-0.4, -0.2) is 27.5 Å². The Morgan fingerprint density at radius 3 is 2.49 bits per heavy atom. The molecule has 3 amide bonds. The minimum absolute atomic E-state index is 0.268. The Kier molecular flexibility index (Phi) is 6.13. The largest absolute Gasteiger partial charge is 0.469 e. The molecule has 204 valence electrons. The molecule has 0 spiro atoms. The van der Waals surface area contributed by atoms with Gasteiger partial charge in [0.2, 0.25) is 17.7 Å². The lowest BCUT2D eigenvalue weighted by Gasteiger charge is -2.29. The van der Waals surface area contributed by atoms with Crippen molar-refractivity contribution in [3.05, 3.63) is 111 Å². The Labute approximate surface area is 240 Å². The van der Waals surface area contributed by atoms with Gasteiger partial charge in [-0.3, -0.25) is 23.7 Å². The maximum absolute atomic E-state index is 13.7. The molecule has 0 bridgehead atoms.